The summed E-state index contributed by atoms with van der Waals surface area (Å²) in [5.74, 6) is -1.05. The van der Waals surface area contributed by atoms with E-state index in [2.05, 4.69) is 12.2 Å². The highest BCUT2D eigenvalue weighted by molar-refractivity contribution is 6.23. The third-order valence-electron chi connectivity index (χ3n) is 6.39. The molecule has 5 rings (SSSR count). The van der Waals surface area contributed by atoms with E-state index >= 15 is 0 Å². The summed E-state index contributed by atoms with van der Waals surface area (Å²) in [5, 5.41) is 0. The van der Waals surface area contributed by atoms with Gasteiger partial charge in [-0.1, -0.05) is 84.9 Å². The third kappa shape index (κ3) is 3.15. The average molecular weight is 409 g/mol. The molecule has 1 saturated heterocycles. The number of hydrogen-bond acceptors (Lipinski definition) is 3. The Morgan fingerprint density at radius 1 is 0.645 bits per heavy atom. The minimum Gasteiger partial charge on any atom is -0.495 e. The lowest BCUT2D eigenvalue weighted by Gasteiger charge is -2.32. The van der Waals surface area contributed by atoms with Crippen molar-refractivity contribution >= 4 is 17.5 Å². The molecule has 2 amide bonds. The molecule has 3 aromatic carbocycles. The first-order valence-electron chi connectivity index (χ1n) is 10.5. The predicted molar refractivity (Wildman–Crippen MR) is 120 cm³/mol. The molecule has 0 aromatic heterocycles. The number of allylic oxidation sites excluding steroid dienone is 2. The van der Waals surface area contributed by atoms with Gasteiger partial charge in [0.2, 0.25) is 11.8 Å². The van der Waals surface area contributed by atoms with Crippen LogP contribution in [-0.4, -0.2) is 18.9 Å². The Morgan fingerprint density at radius 2 is 1.10 bits per heavy atom. The van der Waals surface area contributed by atoms with E-state index in [1.807, 2.05) is 72.8 Å². The molecule has 2 aliphatic rings. The van der Waals surface area contributed by atoms with E-state index in [4.69, 9.17) is 4.74 Å². The molecule has 1 aliphatic heterocycles. The summed E-state index contributed by atoms with van der Waals surface area (Å²) in [4.78, 5) is 28.9. The molecular formula is C27H23NO3. The van der Waals surface area contributed by atoms with Crippen LogP contribution in [0.2, 0.25) is 0 Å². The number of anilines is 1. The fourth-order valence-corrected chi connectivity index (χ4v) is 4.99. The van der Waals surface area contributed by atoms with Crippen LogP contribution in [0.25, 0.3) is 0 Å². The van der Waals surface area contributed by atoms with Gasteiger partial charge in [-0.2, -0.15) is 0 Å². The van der Waals surface area contributed by atoms with E-state index in [0.717, 1.165) is 11.1 Å². The van der Waals surface area contributed by atoms with Crippen molar-refractivity contribution in [3.05, 3.63) is 108 Å². The maximum Gasteiger partial charge on any atom is 0.238 e. The van der Waals surface area contributed by atoms with E-state index < -0.39 is 11.8 Å². The lowest BCUT2D eigenvalue weighted by atomic mass is 9.68. The molecule has 0 saturated carbocycles. The van der Waals surface area contributed by atoms with E-state index in [1.54, 1.807) is 19.2 Å². The van der Waals surface area contributed by atoms with E-state index in [-0.39, 0.29) is 23.7 Å². The van der Waals surface area contributed by atoms with E-state index in [9.17, 15) is 9.59 Å². The van der Waals surface area contributed by atoms with Crippen LogP contribution in [0.3, 0.4) is 0 Å². The average Bonchev–Trinajstić information content (AvgIpc) is 3.10. The molecule has 1 fully saturated rings. The molecule has 0 N–H and O–H groups in total. The van der Waals surface area contributed by atoms with Gasteiger partial charge in [0.1, 0.15) is 5.75 Å². The highest BCUT2D eigenvalue weighted by Crippen LogP contribution is 2.51. The number of imide groups is 1. The van der Waals surface area contributed by atoms with Crippen molar-refractivity contribution in [2.24, 2.45) is 11.8 Å². The van der Waals surface area contributed by atoms with Crippen molar-refractivity contribution in [2.45, 2.75) is 11.8 Å². The second kappa shape index (κ2) is 7.88. The molecule has 154 valence electrons. The van der Waals surface area contributed by atoms with Gasteiger partial charge in [-0.3, -0.25) is 9.59 Å². The number of ether oxygens (including phenoxy) is 1. The largest absolute Gasteiger partial charge is 0.495 e. The van der Waals surface area contributed by atoms with Gasteiger partial charge in [0.05, 0.1) is 24.6 Å². The number of amides is 2. The van der Waals surface area contributed by atoms with Crippen LogP contribution in [-0.2, 0) is 9.59 Å². The van der Waals surface area contributed by atoms with Gasteiger partial charge < -0.3 is 4.74 Å². The Hall–Kier alpha value is -3.66. The fraction of sp³-hybridized carbons (Fsp3) is 0.185. The second-order valence-corrected chi connectivity index (χ2v) is 7.99. The minimum absolute atomic E-state index is 0.151. The highest BCUT2D eigenvalue weighted by Gasteiger charge is 2.55. The van der Waals surface area contributed by atoms with Crippen molar-refractivity contribution < 1.29 is 14.3 Å². The SMILES string of the molecule is COc1ccccc1N1C(=O)[C@H]2[C@H](C1=O)[C@H](c1ccccc1)C=C[C@@H]2c1ccccc1. The number of nitrogens with zero attached hydrogens (tertiary/aromatic N) is 1. The molecule has 1 heterocycles. The number of para-hydroxylation sites is 2. The van der Waals surface area contributed by atoms with E-state index in [1.165, 1.54) is 4.90 Å². The number of rotatable bonds is 4. The van der Waals surface area contributed by atoms with Crippen LogP contribution in [0.5, 0.6) is 5.75 Å². The molecule has 0 radical (unpaired) electrons. The summed E-state index contributed by atoms with van der Waals surface area (Å²) >= 11 is 0. The molecule has 0 bridgehead atoms. The van der Waals surface area contributed by atoms with Crippen LogP contribution < -0.4 is 9.64 Å². The normalized spacial score (nSPS) is 24.9. The Bertz CT molecular complexity index is 1070. The predicted octanol–water partition coefficient (Wildman–Crippen LogP) is 4.94. The van der Waals surface area contributed by atoms with Crippen molar-refractivity contribution in [1.29, 1.82) is 0 Å². The number of fused-ring (bicyclic) bond motifs is 1. The molecule has 3 aromatic rings. The smallest absolute Gasteiger partial charge is 0.238 e. The third-order valence-corrected chi connectivity index (χ3v) is 6.39. The van der Waals surface area contributed by atoms with Crippen molar-refractivity contribution in [1.82, 2.24) is 0 Å². The topological polar surface area (TPSA) is 46.6 Å². The number of carbonyl (C=O) groups is 2. The number of carbonyl (C=O) groups excluding carboxylic acids is 2. The van der Waals surface area contributed by atoms with E-state index in [0.29, 0.717) is 11.4 Å². The summed E-state index contributed by atoms with van der Waals surface area (Å²) in [5.41, 5.74) is 2.60. The first-order chi connectivity index (χ1) is 15.2. The van der Waals surface area contributed by atoms with Crippen molar-refractivity contribution in [3.63, 3.8) is 0 Å². The molecule has 1 aliphatic carbocycles. The summed E-state index contributed by atoms with van der Waals surface area (Å²) in [6.07, 6.45) is 4.20. The van der Waals surface area contributed by atoms with Crippen LogP contribution in [0.4, 0.5) is 5.69 Å². The van der Waals surface area contributed by atoms with Gasteiger partial charge in [-0.15, -0.1) is 0 Å². The van der Waals surface area contributed by atoms with Gasteiger partial charge in [-0.25, -0.2) is 4.90 Å². The first kappa shape index (κ1) is 19.3. The molecule has 4 heteroatoms. The Kier molecular flexibility index (Phi) is 4.91. The van der Waals surface area contributed by atoms with Crippen LogP contribution in [0.15, 0.2) is 97.1 Å². The maximum absolute atomic E-state index is 13.8. The zero-order chi connectivity index (χ0) is 21.4. The van der Waals surface area contributed by atoms with Gasteiger partial charge in [-0.05, 0) is 23.3 Å². The van der Waals surface area contributed by atoms with Gasteiger partial charge in [0.25, 0.3) is 0 Å². The van der Waals surface area contributed by atoms with Crippen LogP contribution in [0.1, 0.15) is 23.0 Å². The van der Waals surface area contributed by atoms with Crippen LogP contribution in [0, 0.1) is 11.8 Å². The van der Waals surface area contributed by atoms with Gasteiger partial charge in [0.15, 0.2) is 0 Å². The lowest BCUT2D eigenvalue weighted by Crippen LogP contribution is -2.32. The summed E-state index contributed by atoms with van der Waals surface area (Å²) in [6, 6.07) is 27.1. The summed E-state index contributed by atoms with van der Waals surface area (Å²) in [6.45, 7) is 0. The Morgan fingerprint density at radius 3 is 1.58 bits per heavy atom. The van der Waals surface area contributed by atoms with Crippen LogP contribution >= 0.6 is 0 Å². The molecule has 4 atom stereocenters. The number of benzene rings is 3. The minimum atomic E-state index is -0.463. The lowest BCUT2D eigenvalue weighted by molar-refractivity contribution is -0.122. The number of hydrogen-bond donors (Lipinski definition) is 0. The maximum atomic E-state index is 13.8. The monoisotopic (exact) mass is 409 g/mol. The molecule has 4 nitrogen and oxygen atoms in total. The molecular weight excluding hydrogens is 386 g/mol. The molecule has 0 unspecified atom stereocenters. The summed E-state index contributed by atoms with van der Waals surface area (Å²) < 4.78 is 5.47. The molecule has 0 spiro atoms. The van der Waals surface area contributed by atoms with Gasteiger partial charge in [0, 0.05) is 11.8 Å². The highest BCUT2D eigenvalue weighted by atomic mass is 16.5. The van der Waals surface area contributed by atoms with Gasteiger partial charge >= 0.3 is 0 Å². The van der Waals surface area contributed by atoms with Crippen molar-refractivity contribution in [3.8, 4) is 5.75 Å². The zero-order valence-corrected chi connectivity index (χ0v) is 17.2. The quantitative estimate of drug-likeness (QED) is 0.453. The standard InChI is InChI=1S/C27H23NO3/c1-31-23-15-9-8-14-22(23)28-26(29)24-20(18-10-4-2-5-11-18)16-17-21(25(24)27(28)30)19-12-6-3-7-13-19/h2-17,20-21,24-25H,1H3/t20-,21+,24-,25-/m1/s1. The Labute approximate surface area is 181 Å². The fourth-order valence-electron chi connectivity index (χ4n) is 4.99. The zero-order valence-electron chi connectivity index (χ0n) is 17.2. The summed E-state index contributed by atoms with van der Waals surface area (Å²) in [7, 11) is 1.55. The first-order valence-corrected chi connectivity index (χ1v) is 10.5. The molecule has 31 heavy (non-hydrogen) atoms. The number of methoxy groups -OCH3 is 1. The van der Waals surface area contributed by atoms with Crippen molar-refractivity contribution in [2.75, 3.05) is 12.0 Å². The second-order valence-electron chi connectivity index (χ2n) is 7.99. The Balaban J connectivity index is 1.65.